The van der Waals surface area contributed by atoms with Crippen LogP contribution in [0, 0.1) is 17.8 Å². The van der Waals surface area contributed by atoms with Gasteiger partial charge in [-0.15, -0.1) is 0 Å². The van der Waals surface area contributed by atoms with Crippen molar-refractivity contribution in [2.75, 3.05) is 0 Å². The second kappa shape index (κ2) is 6.78. The molecule has 1 amide bonds. The summed E-state index contributed by atoms with van der Waals surface area (Å²) in [6.45, 7) is 2.18. The molecule has 1 aromatic rings. The van der Waals surface area contributed by atoms with Crippen LogP contribution in [0.5, 0.6) is 5.75 Å². The van der Waals surface area contributed by atoms with Gasteiger partial charge >= 0.3 is 0 Å². The summed E-state index contributed by atoms with van der Waals surface area (Å²) in [7, 11) is 0. The maximum Gasteiger partial charge on any atom is 0.251 e. The molecule has 1 aromatic carbocycles. The Morgan fingerprint density at radius 1 is 1.08 bits per heavy atom. The van der Waals surface area contributed by atoms with E-state index in [2.05, 4.69) is 12.2 Å². The predicted molar refractivity (Wildman–Crippen MR) is 95.2 cm³/mol. The molecule has 3 heteroatoms. The van der Waals surface area contributed by atoms with Gasteiger partial charge in [-0.1, -0.05) is 6.42 Å². The average molecular weight is 327 g/mol. The van der Waals surface area contributed by atoms with Gasteiger partial charge in [0.05, 0.1) is 6.10 Å². The van der Waals surface area contributed by atoms with Gasteiger partial charge in [-0.3, -0.25) is 4.79 Å². The van der Waals surface area contributed by atoms with Crippen LogP contribution in [-0.4, -0.2) is 18.1 Å². The third-order valence-electron chi connectivity index (χ3n) is 6.52. The van der Waals surface area contributed by atoms with Crippen molar-refractivity contribution in [1.82, 2.24) is 5.32 Å². The highest BCUT2D eigenvalue weighted by Gasteiger charge is 2.42. The molecule has 3 saturated carbocycles. The molecule has 3 aliphatic carbocycles. The third-order valence-corrected chi connectivity index (χ3v) is 6.52. The number of hydrogen-bond acceptors (Lipinski definition) is 2. The first kappa shape index (κ1) is 16.0. The minimum absolute atomic E-state index is 0.0534. The molecule has 0 spiro atoms. The lowest BCUT2D eigenvalue weighted by molar-refractivity contribution is 0.0915. The molecule has 0 heterocycles. The molecular formula is C21H29NO2. The fraction of sp³-hybridized carbons (Fsp3) is 0.667. The minimum atomic E-state index is 0.0534. The molecule has 130 valence electrons. The van der Waals surface area contributed by atoms with Crippen molar-refractivity contribution in [2.45, 2.75) is 70.4 Å². The molecule has 1 N–H and O–H groups in total. The van der Waals surface area contributed by atoms with Crippen LogP contribution in [0.1, 0.15) is 68.6 Å². The Bertz CT molecular complexity index is 576. The van der Waals surface area contributed by atoms with E-state index in [0.717, 1.165) is 36.0 Å². The normalized spacial score (nSPS) is 30.5. The van der Waals surface area contributed by atoms with Crippen LogP contribution in [0.15, 0.2) is 24.3 Å². The standard InChI is InChI=1S/C21H29NO2/c1-14(20-13-15-6-7-17(20)12-15)22-21(23)16-8-10-19(11-9-16)24-18-4-2-3-5-18/h8-11,14-15,17-18,20H,2-7,12-13H2,1H3,(H,22,23)/t14-,15-,17-,20+/m1/s1. The largest absolute Gasteiger partial charge is 0.490 e. The van der Waals surface area contributed by atoms with E-state index in [0.29, 0.717) is 12.0 Å². The second-order valence-electron chi connectivity index (χ2n) is 8.15. The lowest BCUT2D eigenvalue weighted by Gasteiger charge is -2.28. The van der Waals surface area contributed by atoms with Crippen LogP contribution >= 0.6 is 0 Å². The van der Waals surface area contributed by atoms with E-state index in [-0.39, 0.29) is 11.9 Å². The van der Waals surface area contributed by atoms with E-state index in [4.69, 9.17) is 4.74 Å². The number of amides is 1. The number of fused-ring (bicyclic) bond motifs is 2. The highest BCUT2D eigenvalue weighted by Crippen LogP contribution is 2.49. The summed E-state index contributed by atoms with van der Waals surface area (Å²) in [6, 6.07) is 7.95. The first-order valence-electron chi connectivity index (χ1n) is 9.76. The molecule has 4 rings (SSSR count). The summed E-state index contributed by atoms with van der Waals surface area (Å²) in [6.07, 6.45) is 10.7. The Morgan fingerprint density at radius 3 is 2.46 bits per heavy atom. The molecule has 3 nitrogen and oxygen atoms in total. The van der Waals surface area contributed by atoms with Gasteiger partial charge in [0.2, 0.25) is 0 Å². The van der Waals surface area contributed by atoms with Crippen molar-refractivity contribution in [3.05, 3.63) is 29.8 Å². The molecule has 0 radical (unpaired) electrons. The molecule has 0 unspecified atom stereocenters. The monoisotopic (exact) mass is 327 g/mol. The fourth-order valence-corrected chi connectivity index (χ4v) is 5.19. The van der Waals surface area contributed by atoms with Crippen molar-refractivity contribution >= 4 is 5.91 Å². The average Bonchev–Trinajstić information content (AvgIpc) is 3.33. The summed E-state index contributed by atoms with van der Waals surface area (Å²) in [5.41, 5.74) is 0.740. The van der Waals surface area contributed by atoms with Gasteiger partial charge in [0.1, 0.15) is 5.75 Å². The first-order valence-corrected chi connectivity index (χ1v) is 9.76. The van der Waals surface area contributed by atoms with Gasteiger partial charge < -0.3 is 10.1 Å². The van der Waals surface area contributed by atoms with Gasteiger partial charge in [0.25, 0.3) is 5.91 Å². The Kier molecular flexibility index (Phi) is 4.51. The third kappa shape index (κ3) is 3.31. The maximum absolute atomic E-state index is 12.5. The van der Waals surface area contributed by atoms with Crippen molar-refractivity contribution < 1.29 is 9.53 Å². The summed E-state index contributed by atoms with van der Waals surface area (Å²) in [5.74, 6) is 3.38. The number of hydrogen-bond donors (Lipinski definition) is 1. The van der Waals surface area contributed by atoms with Gasteiger partial charge in [-0.2, -0.15) is 0 Å². The molecule has 24 heavy (non-hydrogen) atoms. The minimum Gasteiger partial charge on any atom is -0.490 e. The van der Waals surface area contributed by atoms with E-state index in [9.17, 15) is 4.79 Å². The number of rotatable bonds is 5. The summed E-state index contributed by atoms with van der Waals surface area (Å²) in [4.78, 5) is 12.5. The quantitative estimate of drug-likeness (QED) is 0.861. The van der Waals surface area contributed by atoms with Gasteiger partial charge in [-0.25, -0.2) is 0 Å². The number of carbonyl (C=O) groups is 1. The molecule has 2 bridgehead atoms. The zero-order valence-corrected chi connectivity index (χ0v) is 14.7. The molecule has 3 aliphatic rings. The Balaban J connectivity index is 1.32. The molecule has 0 saturated heterocycles. The highest BCUT2D eigenvalue weighted by molar-refractivity contribution is 5.94. The summed E-state index contributed by atoms with van der Waals surface area (Å²) in [5, 5.41) is 3.24. The SMILES string of the molecule is C[C@@H](NC(=O)c1ccc(OC2CCCC2)cc1)[C@@H]1C[C@@H]2CC[C@@H]1C2. The van der Waals surface area contributed by atoms with E-state index in [1.807, 2.05) is 24.3 Å². The Hall–Kier alpha value is -1.51. The number of benzene rings is 1. The van der Waals surface area contributed by atoms with Crippen LogP contribution in [0.4, 0.5) is 0 Å². The van der Waals surface area contributed by atoms with Crippen LogP contribution < -0.4 is 10.1 Å². The lowest BCUT2D eigenvalue weighted by atomic mass is 9.84. The van der Waals surface area contributed by atoms with Crippen molar-refractivity contribution in [3.63, 3.8) is 0 Å². The summed E-state index contributed by atoms with van der Waals surface area (Å²) < 4.78 is 5.97. The van der Waals surface area contributed by atoms with E-state index in [1.165, 1.54) is 38.5 Å². The number of nitrogens with one attached hydrogen (secondary N) is 1. The van der Waals surface area contributed by atoms with Gasteiger partial charge in [0.15, 0.2) is 0 Å². The zero-order valence-electron chi connectivity index (χ0n) is 14.7. The first-order chi connectivity index (χ1) is 11.7. The van der Waals surface area contributed by atoms with Gasteiger partial charge in [-0.05, 0) is 93.9 Å². The van der Waals surface area contributed by atoms with E-state index >= 15 is 0 Å². The lowest BCUT2D eigenvalue weighted by Crippen LogP contribution is -2.40. The topological polar surface area (TPSA) is 38.3 Å². The van der Waals surface area contributed by atoms with Crippen molar-refractivity contribution in [3.8, 4) is 5.75 Å². The van der Waals surface area contributed by atoms with Crippen molar-refractivity contribution in [1.29, 1.82) is 0 Å². The molecular weight excluding hydrogens is 298 g/mol. The van der Waals surface area contributed by atoms with Crippen LogP contribution in [0.2, 0.25) is 0 Å². The van der Waals surface area contributed by atoms with E-state index < -0.39 is 0 Å². The summed E-state index contributed by atoms with van der Waals surface area (Å²) >= 11 is 0. The highest BCUT2D eigenvalue weighted by atomic mass is 16.5. The molecule has 3 fully saturated rings. The molecule has 4 atom stereocenters. The smallest absolute Gasteiger partial charge is 0.251 e. The number of ether oxygens (including phenoxy) is 1. The van der Waals surface area contributed by atoms with Gasteiger partial charge in [0, 0.05) is 11.6 Å². The Morgan fingerprint density at radius 2 is 1.83 bits per heavy atom. The van der Waals surface area contributed by atoms with Crippen LogP contribution in [-0.2, 0) is 0 Å². The van der Waals surface area contributed by atoms with Crippen LogP contribution in [0.25, 0.3) is 0 Å². The molecule has 0 aliphatic heterocycles. The predicted octanol–water partition coefficient (Wildman–Crippen LogP) is 4.56. The maximum atomic E-state index is 12.5. The Labute approximate surface area is 145 Å². The zero-order chi connectivity index (χ0) is 16.5. The number of carbonyl (C=O) groups excluding carboxylic acids is 1. The molecule has 0 aromatic heterocycles. The fourth-order valence-electron chi connectivity index (χ4n) is 5.19. The van der Waals surface area contributed by atoms with Crippen LogP contribution in [0.3, 0.4) is 0 Å². The second-order valence-corrected chi connectivity index (χ2v) is 8.15. The van der Waals surface area contributed by atoms with Crippen molar-refractivity contribution in [2.24, 2.45) is 17.8 Å². The van der Waals surface area contributed by atoms with E-state index in [1.54, 1.807) is 0 Å².